The lowest BCUT2D eigenvalue weighted by Gasteiger charge is -1.97. The number of aryl methyl sites for hydroxylation is 1. The summed E-state index contributed by atoms with van der Waals surface area (Å²) in [6, 6.07) is 0. The second-order valence-corrected chi connectivity index (χ2v) is 2.26. The van der Waals surface area contributed by atoms with Gasteiger partial charge in [0.15, 0.2) is 0 Å². The maximum Gasteiger partial charge on any atom is 0.376 e. The number of hydrogen-bond donors (Lipinski definition) is 0. The molecule has 0 radical (unpaired) electrons. The fourth-order valence-electron chi connectivity index (χ4n) is 0.734. The van der Waals surface area contributed by atoms with Crippen molar-refractivity contribution < 1.29 is 9.53 Å². The average molecular weight is 166 g/mol. The van der Waals surface area contributed by atoms with Gasteiger partial charge >= 0.3 is 5.97 Å². The molecule has 0 unspecified atom stereocenters. The van der Waals surface area contributed by atoms with Crippen LogP contribution in [-0.4, -0.2) is 23.0 Å². The summed E-state index contributed by atoms with van der Waals surface area (Å²) in [6.07, 6.45) is 4.11. The fourth-order valence-corrected chi connectivity index (χ4v) is 0.734. The Balaban J connectivity index is 2.84. The van der Waals surface area contributed by atoms with Crippen LogP contribution < -0.4 is 0 Å². The maximum absolute atomic E-state index is 10.9. The largest absolute Gasteiger partial charge is 0.463 e. The molecule has 12 heavy (non-hydrogen) atoms. The average Bonchev–Trinajstić information content (AvgIpc) is 2.17. The van der Waals surface area contributed by atoms with E-state index >= 15 is 0 Å². The lowest BCUT2D eigenvalue weighted by Crippen LogP contribution is -2.07. The molecule has 0 N–H and O–H groups in total. The highest BCUT2D eigenvalue weighted by Crippen LogP contribution is 1.97. The Kier molecular flexibility index (Phi) is 2.74. The summed E-state index contributed by atoms with van der Waals surface area (Å²) in [5.74, 6) is -0.396. The van der Waals surface area contributed by atoms with Gasteiger partial charge in [0, 0.05) is 12.4 Å². The number of carbonyl (C=O) groups is 1. The Morgan fingerprint density at radius 1 is 1.50 bits per heavy atom. The van der Waals surface area contributed by atoms with Gasteiger partial charge in [0.05, 0.1) is 7.11 Å². The van der Waals surface area contributed by atoms with E-state index in [9.17, 15) is 4.79 Å². The number of rotatable bonds is 2. The van der Waals surface area contributed by atoms with E-state index in [-0.39, 0.29) is 5.82 Å². The summed E-state index contributed by atoms with van der Waals surface area (Å²) in [7, 11) is 1.30. The number of ether oxygens (including phenoxy) is 1. The van der Waals surface area contributed by atoms with Crippen LogP contribution in [0.4, 0.5) is 0 Å². The van der Waals surface area contributed by atoms with Gasteiger partial charge in [-0.25, -0.2) is 14.8 Å². The van der Waals surface area contributed by atoms with Gasteiger partial charge < -0.3 is 4.74 Å². The van der Waals surface area contributed by atoms with Gasteiger partial charge in [-0.15, -0.1) is 0 Å². The van der Waals surface area contributed by atoms with Crippen LogP contribution in [0.3, 0.4) is 0 Å². The highest BCUT2D eigenvalue weighted by atomic mass is 16.5. The Bertz CT molecular complexity index is 269. The van der Waals surface area contributed by atoms with Crippen LogP contribution in [0.25, 0.3) is 0 Å². The second kappa shape index (κ2) is 3.80. The van der Waals surface area contributed by atoms with Crippen LogP contribution >= 0.6 is 0 Å². The normalized spacial score (nSPS) is 9.50. The molecule has 1 aromatic rings. The minimum absolute atomic E-state index is 0.106. The molecule has 4 heteroatoms. The molecule has 0 spiro atoms. The zero-order chi connectivity index (χ0) is 8.97. The van der Waals surface area contributed by atoms with Gasteiger partial charge in [-0.05, 0) is 12.0 Å². The van der Waals surface area contributed by atoms with Crippen LogP contribution in [0.2, 0.25) is 0 Å². The standard InChI is InChI=1S/C8H10N2O2/c1-3-6-4-9-7(10-5-6)8(11)12-2/h4-5H,3H2,1-2H3. The van der Waals surface area contributed by atoms with E-state index in [1.54, 1.807) is 12.4 Å². The first-order valence-electron chi connectivity index (χ1n) is 3.67. The van der Waals surface area contributed by atoms with Gasteiger partial charge in [-0.1, -0.05) is 6.92 Å². The van der Waals surface area contributed by atoms with E-state index in [1.165, 1.54) is 7.11 Å². The summed E-state index contributed by atoms with van der Waals surface area (Å²) in [4.78, 5) is 18.5. The number of nitrogens with zero attached hydrogens (tertiary/aromatic N) is 2. The van der Waals surface area contributed by atoms with Crippen LogP contribution in [0, 0.1) is 0 Å². The van der Waals surface area contributed by atoms with E-state index < -0.39 is 5.97 Å². The van der Waals surface area contributed by atoms with Crippen molar-refractivity contribution in [2.75, 3.05) is 7.11 Å². The van der Waals surface area contributed by atoms with Gasteiger partial charge in [0.25, 0.3) is 0 Å². The molecule has 64 valence electrons. The molecule has 0 aliphatic carbocycles. The number of hydrogen-bond acceptors (Lipinski definition) is 4. The third-order valence-electron chi connectivity index (χ3n) is 1.48. The molecule has 0 amide bonds. The van der Waals surface area contributed by atoms with Gasteiger partial charge in [0.1, 0.15) is 0 Å². The van der Waals surface area contributed by atoms with Crippen molar-refractivity contribution in [2.24, 2.45) is 0 Å². The highest BCUT2D eigenvalue weighted by molar-refractivity contribution is 5.84. The second-order valence-electron chi connectivity index (χ2n) is 2.26. The lowest BCUT2D eigenvalue weighted by molar-refractivity contribution is 0.0586. The monoisotopic (exact) mass is 166 g/mol. The summed E-state index contributed by atoms with van der Waals surface area (Å²) >= 11 is 0. The van der Waals surface area contributed by atoms with Crippen LogP contribution in [-0.2, 0) is 11.2 Å². The molecular formula is C8H10N2O2. The summed E-state index contributed by atoms with van der Waals surface area (Å²) in [6.45, 7) is 2.00. The minimum atomic E-state index is -0.502. The zero-order valence-corrected chi connectivity index (χ0v) is 7.07. The number of methoxy groups -OCH3 is 1. The molecule has 0 atom stereocenters. The Labute approximate surface area is 70.6 Å². The molecule has 1 rings (SSSR count). The third kappa shape index (κ3) is 1.78. The molecule has 0 fully saturated rings. The first-order valence-corrected chi connectivity index (χ1v) is 3.67. The molecule has 0 aliphatic rings. The molecular weight excluding hydrogens is 156 g/mol. The Morgan fingerprint density at radius 2 is 2.08 bits per heavy atom. The summed E-state index contributed by atoms with van der Waals surface area (Å²) < 4.78 is 4.45. The van der Waals surface area contributed by atoms with Gasteiger partial charge in [-0.3, -0.25) is 0 Å². The Morgan fingerprint density at radius 3 is 2.50 bits per heavy atom. The molecule has 0 aromatic carbocycles. The van der Waals surface area contributed by atoms with Gasteiger partial charge in [0.2, 0.25) is 5.82 Å². The van der Waals surface area contributed by atoms with E-state index in [0.29, 0.717) is 0 Å². The Hall–Kier alpha value is -1.45. The van der Waals surface area contributed by atoms with Crippen molar-refractivity contribution in [2.45, 2.75) is 13.3 Å². The van der Waals surface area contributed by atoms with Crippen LogP contribution in [0.1, 0.15) is 23.1 Å². The van der Waals surface area contributed by atoms with E-state index in [4.69, 9.17) is 0 Å². The molecule has 0 saturated heterocycles. The van der Waals surface area contributed by atoms with Crippen molar-refractivity contribution in [3.8, 4) is 0 Å². The zero-order valence-electron chi connectivity index (χ0n) is 7.07. The molecule has 0 saturated carbocycles. The van der Waals surface area contributed by atoms with Crippen molar-refractivity contribution in [3.63, 3.8) is 0 Å². The van der Waals surface area contributed by atoms with Crippen molar-refractivity contribution in [1.29, 1.82) is 0 Å². The SMILES string of the molecule is CCc1cnc(C(=O)OC)nc1. The third-order valence-corrected chi connectivity index (χ3v) is 1.48. The maximum atomic E-state index is 10.9. The van der Waals surface area contributed by atoms with E-state index in [2.05, 4.69) is 14.7 Å². The first-order chi connectivity index (χ1) is 5.77. The number of carbonyl (C=O) groups excluding carboxylic acids is 1. The quantitative estimate of drug-likeness (QED) is 0.610. The molecule has 0 bridgehead atoms. The number of esters is 1. The highest BCUT2D eigenvalue weighted by Gasteiger charge is 2.07. The summed E-state index contributed by atoms with van der Waals surface area (Å²) in [5.41, 5.74) is 1.00. The first kappa shape index (κ1) is 8.64. The fraction of sp³-hybridized carbons (Fsp3) is 0.375. The van der Waals surface area contributed by atoms with E-state index in [1.807, 2.05) is 6.92 Å². The van der Waals surface area contributed by atoms with E-state index in [0.717, 1.165) is 12.0 Å². The predicted octanol–water partition coefficient (Wildman–Crippen LogP) is 0.826. The van der Waals surface area contributed by atoms with Crippen molar-refractivity contribution >= 4 is 5.97 Å². The van der Waals surface area contributed by atoms with Crippen LogP contribution in [0.5, 0.6) is 0 Å². The van der Waals surface area contributed by atoms with Crippen molar-refractivity contribution in [1.82, 2.24) is 9.97 Å². The molecule has 1 aromatic heterocycles. The molecule has 1 heterocycles. The van der Waals surface area contributed by atoms with Gasteiger partial charge in [-0.2, -0.15) is 0 Å². The smallest absolute Gasteiger partial charge is 0.376 e. The number of aromatic nitrogens is 2. The molecule has 4 nitrogen and oxygen atoms in total. The lowest BCUT2D eigenvalue weighted by atomic mass is 10.3. The minimum Gasteiger partial charge on any atom is -0.463 e. The molecule has 0 aliphatic heterocycles. The predicted molar refractivity (Wildman–Crippen MR) is 42.7 cm³/mol. The summed E-state index contributed by atoms with van der Waals surface area (Å²) in [5, 5.41) is 0. The van der Waals surface area contributed by atoms with Crippen molar-refractivity contribution in [3.05, 3.63) is 23.8 Å². The van der Waals surface area contributed by atoms with Crippen LogP contribution in [0.15, 0.2) is 12.4 Å². The topological polar surface area (TPSA) is 52.1 Å².